The van der Waals surface area contributed by atoms with Crippen molar-refractivity contribution in [3.63, 3.8) is 0 Å². The lowest BCUT2D eigenvalue weighted by Crippen LogP contribution is -2.14. The van der Waals surface area contributed by atoms with E-state index in [1.54, 1.807) is 0 Å². The monoisotopic (exact) mass is 690 g/mol. The van der Waals surface area contributed by atoms with Gasteiger partial charge < -0.3 is 4.57 Å². The minimum Gasteiger partial charge on any atom is -0.309 e. The molecule has 4 heteroatoms. The van der Waals surface area contributed by atoms with E-state index in [0.717, 1.165) is 50.4 Å². The lowest BCUT2D eigenvalue weighted by Gasteiger charge is -2.21. The van der Waals surface area contributed by atoms with Crippen LogP contribution in [0.3, 0.4) is 0 Å². The first kappa shape index (κ1) is 31.6. The van der Waals surface area contributed by atoms with Crippen LogP contribution in [0.25, 0.3) is 83.6 Å². The SMILES string of the molecule is CC1(C)c2ccccc2-c2c1ccc1c3ccccc3n(-c3cc(-c4nc(-c5ccccc5)cc(-c5ccccc5)n4)cc(-c4ccccc4C#N)c3)c21. The zero-order valence-corrected chi connectivity index (χ0v) is 30.0. The topological polar surface area (TPSA) is 54.5 Å². The van der Waals surface area contributed by atoms with Crippen molar-refractivity contribution in [1.82, 2.24) is 14.5 Å². The molecule has 0 saturated carbocycles. The maximum Gasteiger partial charge on any atom is 0.160 e. The molecular formula is C50H34N4. The van der Waals surface area contributed by atoms with Crippen LogP contribution in [-0.2, 0) is 5.41 Å². The summed E-state index contributed by atoms with van der Waals surface area (Å²) in [6.45, 7) is 4.66. The van der Waals surface area contributed by atoms with E-state index in [1.165, 1.54) is 38.5 Å². The van der Waals surface area contributed by atoms with Crippen molar-refractivity contribution in [2.45, 2.75) is 19.3 Å². The number of nitrogens with zero attached hydrogens (tertiary/aromatic N) is 4. The lowest BCUT2D eigenvalue weighted by molar-refractivity contribution is 0.661. The number of rotatable bonds is 5. The molecule has 2 heterocycles. The van der Waals surface area contributed by atoms with Gasteiger partial charge in [-0.2, -0.15) is 5.26 Å². The van der Waals surface area contributed by atoms with Gasteiger partial charge in [-0.25, -0.2) is 9.97 Å². The molecule has 1 aliphatic rings. The third-order valence-corrected chi connectivity index (χ3v) is 11.0. The van der Waals surface area contributed by atoms with E-state index in [1.807, 2.05) is 60.7 Å². The van der Waals surface area contributed by atoms with Crippen LogP contribution < -0.4 is 0 Å². The van der Waals surface area contributed by atoms with Crippen LogP contribution in [0.5, 0.6) is 0 Å². The summed E-state index contributed by atoms with van der Waals surface area (Å²) >= 11 is 0. The summed E-state index contributed by atoms with van der Waals surface area (Å²) in [6.07, 6.45) is 0. The number of fused-ring (bicyclic) bond motifs is 7. The molecule has 54 heavy (non-hydrogen) atoms. The number of hydrogen-bond acceptors (Lipinski definition) is 3. The Morgan fingerprint density at radius 2 is 1.13 bits per heavy atom. The van der Waals surface area contributed by atoms with Crippen LogP contribution in [-0.4, -0.2) is 14.5 Å². The van der Waals surface area contributed by atoms with Crippen LogP contribution in [0.4, 0.5) is 0 Å². The maximum absolute atomic E-state index is 10.3. The highest BCUT2D eigenvalue weighted by molar-refractivity contribution is 6.15. The normalized spacial score (nSPS) is 12.8. The molecular weight excluding hydrogens is 657 g/mol. The summed E-state index contributed by atoms with van der Waals surface area (Å²) in [4.78, 5) is 10.5. The largest absolute Gasteiger partial charge is 0.309 e. The van der Waals surface area contributed by atoms with E-state index < -0.39 is 0 Å². The van der Waals surface area contributed by atoms with E-state index >= 15 is 0 Å². The maximum atomic E-state index is 10.3. The lowest BCUT2D eigenvalue weighted by atomic mass is 9.82. The van der Waals surface area contributed by atoms with Gasteiger partial charge in [0.1, 0.15) is 0 Å². The second-order valence-corrected chi connectivity index (χ2v) is 14.5. The molecule has 0 atom stereocenters. The summed E-state index contributed by atoms with van der Waals surface area (Å²) in [5.74, 6) is 0.616. The molecule has 9 aromatic rings. The third-order valence-electron chi connectivity index (χ3n) is 11.0. The van der Waals surface area contributed by atoms with Crippen LogP contribution in [0.1, 0.15) is 30.5 Å². The standard InChI is InChI=1S/C50H34N4/c1-50(2)42-23-13-11-22-41(42)47-43(50)26-25-40-39-21-12-14-24-46(39)54(48(40)47)37-28-35(38-20-10-9-19-34(38)31-51)27-36(29-37)49-52-44(32-15-5-3-6-16-32)30-45(53-49)33-17-7-4-8-18-33/h3-30H,1-2H3. The average Bonchev–Trinajstić information content (AvgIpc) is 3.69. The molecule has 7 aromatic carbocycles. The zero-order valence-electron chi connectivity index (χ0n) is 30.0. The summed E-state index contributed by atoms with van der Waals surface area (Å²) in [5.41, 5.74) is 15.3. The third kappa shape index (κ3) is 4.90. The molecule has 0 fully saturated rings. The predicted molar refractivity (Wildman–Crippen MR) is 220 cm³/mol. The Morgan fingerprint density at radius 3 is 1.85 bits per heavy atom. The molecule has 0 spiro atoms. The van der Waals surface area contributed by atoms with E-state index in [2.05, 4.69) is 134 Å². The van der Waals surface area contributed by atoms with E-state index in [-0.39, 0.29) is 5.41 Å². The Balaban J connectivity index is 1.32. The number of para-hydroxylation sites is 1. The predicted octanol–water partition coefficient (Wildman–Crippen LogP) is 12.4. The van der Waals surface area contributed by atoms with Crippen molar-refractivity contribution < 1.29 is 0 Å². The number of nitriles is 1. The van der Waals surface area contributed by atoms with Gasteiger partial charge in [0.25, 0.3) is 0 Å². The molecule has 0 N–H and O–H groups in total. The van der Waals surface area contributed by atoms with Gasteiger partial charge >= 0.3 is 0 Å². The van der Waals surface area contributed by atoms with Gasteiger partial charge in [0.2, 0.25) is 0 Å². The van der Waals surface area contributed by atoms with Crippen molar-refractivity contribution in [3.8, 4) is 67.9 Å². The Hall–Kier alpha value is -7.09. The van der Waals surface area contributed by atoms with E-state index in [0.29, 0.717) is 11.4 Å². The number of benzene rings is 7. The van der Waals surface area contributed by atoms with Gasteiger partial charge in [-0.05, 0) is 64.2 Å². The Kier molecular flexibility index (Phi) is 7.18. The van der Waals surface area contributed by atoms with Crippen molar-refractivity contribution >= 4 is 21.8 Å². The summed E-state index contributed by atoms with van der Waals surface area (Å²) in [6, 6.07) is 61.6. The quantitative estimate of drug-likeness (QED) is 0.181. The first-order valence-electron chi connectivity index (χ1n) is 18.3. The number of hydrogen-bond donors (Lipinski definition) is 0. The smallest absolute Gasteiger partial charge is 0.160 e. The highest BCUT2D eigenvalue weighted by Gasteiger charge is 2.37. The van der Waals surface area contributed by atoms with Crippen LogP contribution >= 0.6 is 0 Å². The summed E-state index contributed by atoms with van der Waals surface area (Å²) < 4.78 is 2.42. The molecule has 10 rings (SSSR count). The van der Waals surface area contributed by atoms with E-state index in [4.69, 9.17) is 9.97 Å². The van der Waals surface area contributed by atoms with Crippen molar-refractivity contribution in [2.75, 3.05) is 0 Å². The molecule has 1 aliphatic carbocycles. The fraction of sp³-hybridized carbons (Fsp3) is 0.0600. The van der Waals surface area contributed by atoms with E-state index in [9.17, 15) is 5.26 Å². The first-order chi connectivity index (χ1) is 26.5. The number of aromatic nitrogens is 3. The zero-order chi connectivity index (χ0) is 36.4. The second kappa shape index (κ2) is 12.3. The van der Waals surface area contributed by atoms with Crippen LogP contribution in [0.15, 0.2) is 170 Å². The highest BCUT2D eigenvalue weighted by atomic mass is 15.0. The first-order valence-corrected chi connectivity index (χ1v) is 18.3. The van der Waals surface area contributed by atoms with Gasteiger partial charge in [-0.1, -0.05) is 147 Å². The summed E-state index contributed by atoms with van der Waals surface area (Å²) in [7, 11) is 0. The minimum atomic E-state index is -0.153. The molecule has 4 nitrogen and oxygen atoms in total. The van der Waals surface area contributed by atoms with Gasteiger partial charge in [-0.15, -0.1) is 0 Å². The molecule has 0 saturated heterocycles. The molecule has 2 aromatic heterocycles. The van der Waals surface area contributed by atoms with Crippen molar-refractivity contribution in [3.05, 3.63) is 187 Å². The molecule has 0 radical (unpaired) electrons. The van der Waals surface area contributed by atoms with Gasteiger partial charge in [0.05, 0.1) is 34.1 Å². The molecule has 0 amide bonds. The average molecular weight is 691 g/mol. The Labute approximate surface area is 314 Å². The van der Waals surface area contributed by atoms with Gasteiger partial charge in [0, 0.05) is 44.1 Å². The fourth-order valence-corrected chi connectivity index (χ4v) is 8.46. The molecule has 0 bridgehead atoms. The Bertz CT molecular complexity index is 2910. The van der Waals surface area contributed by atoms with Crippen molar-refractivity contribution in [1.29, 1.82) is 5.26 Å². The molecule has 0 aliphatic heterocycles. The van der Waals surface area contributed by atoms with Crippen molar-refractivity contribution in [2.24, 2.45) is 0 Å². The van der Waals surface area contributed by atoms with Gasteiger partial charge in [-0.3, -0.25) is 0 Å². The highest BCUT2D eigenvalue weighted by Crippen LogP contribution is 2.53. The van der Waals surface area contributed by atoms with Gasteiger partial charge in [0.15, 0.2) is 5.82 Å². The van der Waals surface area contributed by atoms with Crippen LogP contribution in [0, 0.1) is 11.3 Å². The van der Waals surface area contributed by atoms with Crippen LogP contribution in [0.2, 0.25) is 0 Å². The fourth-order valence-electron chi connectivity index (χ4n) is 8.46. The molecule has 254 valence electrons. The second-order valence-electron chi connectivity index (χ2n) is 14.5. The molecule has 0 unspecified atom stereocenters. The minimum absolute atomic E-state index is 0.153. The Morgan fingerprint density at radius 1 is 0.519 bits per heavy atom. The summed E-state index contributed by atoms with van der Waals surface area (Å²) in [5, 5.41) is 12.7.